The predicted octanol–water partition coefficient (Wildman–Crippen LogP) is 4.40. The number of halogens is 1. The van der Waals surface area contributed by atoms with E-state index in [1.165, 1.54) is 14.0 Å². The molecule has 0 saturated carbocycles. The van der Waals surface area contributed by atoms with Crippen LogP contribution >= 0.6 is 11.6 Å². The molecule has 0 fully saturated rings. The van der Waals surface area contributed by atoms with Gasteiger partial charge in [0, 0.05) is 11.9 Å². The number of hydrogen-bond acceptors (Lipinski definition) is 5. The topological polar surface area (TPSA) is 93.7 Å². The molecule has 0 bridgehead atoms. The molecule has 0 saturated heterocycles. The SMILES string of the molecule is COc1ccc(C(C)(C)C)cc1NC(=O)COC(=O)C[C@H](NC(C)=O)c1ccccc1Cl. The van der Waals surface area contributed by atoms with Crippen molar-refractivity contribution in [2.45, 2.75) is 45.6 Å². The Morgan fingerprint density at radius 3 is 2.38 bits per heavy atom. The first-order chi connectivity index (χ1) is 15.0. The molecule has 0 aliphatic heterocycles. The van der Waals surface area contributed by atoms with Gasteiger partial charge in [0.15, 0.2) is 6.61 Å². The highest BCUT2D eigenvalue weighted by Crippen LogP contribution is 2.31. The largest absolute Gasteiger partial charge is 0.495 e. The number of carbonyl (C=O) groups excluding carboxylic acids is 3. The van der Waals surface area contributed by atoms with E-state index in [9.17, 15) is 14.4 Å². The molecule has 0 aromatic heterocycles. The number of benzene rings is 2. The third-order valence-electron chi connectivity index (χ3n) is 4.73. The van der Waals surface area contributed by atoms with Crippen LogP contribution in [-0.2, 0) is 24.5 Å². The third-order valence-corrected chi connectivity index (χ3v) is 5.08. The van der Waals surface area contributed by atoms with Gasteiger partial charge in [-0.05, 0) is 34.7 Å². The fraction of sp³-hybridized carbons (Fsp3) is 0.375. The summed E-state index contributed by atoms with van der Waals surface area (Å²) in [6.45, 7) is 7.06. The van der Waals surface area contributed by atoms with E-state index in [2.05, 4.69) is 31.4 Å². The van der Waals surface area contributed by atoms with Crippen LogP contribution < -0.4 is 15.4 Å². The van der Waals surface area contributed by atoms with Gasteiger partial charge in [-0.25, -0.2) is 0 Å². The number of hydrogen-bond donors (Lipinski definition) is 2. The third kappa shape index (κ3) is 7.27. The first-order valence-corrected chi connectivity index (χ1v) is 10.5. The van der Waals surface area contributed by atoms with Crippen molar-refractivity contribution in [1.82, 2.24) is 5.32 Å². The van der Waals surface area contributed by atoms with Crippen molar-refractivity contribution in [2.24, 2.45) is 0 Å². The molecule has 2 aromatic carbocycles. The minimum atomic E-state index is -0.666. The maximum absolute atomic E-state index is 12.4. The number of anilines is 1. The smallest absolute Gasteiger partial charge is 0.308 e. The molecule has 2 amide bonds. The Balaban J connectivity index is 2.02. The monoisotopic (exact) mass is 460 g/mol. The Kier molecular flexibility index (Phi) is 8.66. The van der Waals surface area contributed by atoms with E-state index in [4.69, 9.17) is 21.1 Å². The van der Waals surface area contributed by atoms with Crippen molar-refractivity contribution < 1.29 is 23.9 Å². The summed E-state index contributed by atoms with van der Waals surface area (Å²) in [5.74, 6) is -0.959. The van der Waals surface area contributed by atoms with Crippen LogP contribution in [0.25, 0.3) is 0 Å². The van der Waals surface area contributed by atoms with Crippen molar-refractivity contribution in [3.05, 3.63) is 58.6 Å². The average Bonchev–Trinajstić information content (AvgIpc) is 2.71. The molecule has 0 aliphatic rings. The van der Waals surface area contributed by atoms with Crippen molar-refractivity contribution in [2.75, 3.05) is 19.0 Å². The Morgan fingerprint density at radius 2 is 1.78 bits per heavy atom. The normalized spacial score (nSPS) is 11.9. The van der Waals surface area contributed by atoms with Gasteiger partial charge in [0.25, 0.3) is 5.91 Å². The summed E-state index contributed by atoms with van der Waals surface area (Å²) in [4.78, 5) is 36.3. The minimum Gasteiger partial charge on any atom is -0.495 e. The summed E-state index contributed by atoms with van der Waals surface area (Å²) in [5.41, 5.74) is 1.99. The molecular weight excluding hydrogens is 432 g/mol. The van der Waals surface area contributed by atoms with Gasteiger partial charge in [0.05, 0.1) is 25.3 Å². The van der Waals surface area contributed by atoms with Gasteiger partial charge in [-0.15, -0.1) is 0 Å². The van der Waals surface area contributed by atoms with Crippen LogP contribution in [0.1, 0.15) is 51.3 Å². The van der Waals surface area contributed by atoms with Crippen LogP contribution in [0.15, 0.2) is 42.5 Å². The Bertz CT molecular complexity index is 985. The molecule has 2 N–H and O–H groups in total. The van der Waals surface area contributed by atoms with Crippen molar-refractivity contribution in [3.8, 4) is 5.75 Å². The maximum atomic E-state index is 12.4. The molecule has 172 valence electrons. The molecule has 0 aliphatic carbocycles. The van der Waals surface area contributed by atoms with E-state index < -0.39 is 24.5 Å². The molecule has 7 nitrogen and oxygen atoms in total. The van der Waals surface area contributed by atoms with Gasteiger partial charge in [-0.1, -0.05) is 56.6 Å². The number of carbonyl (C=O) groups is 3. The van der Waals surface area contributed by atoms with Gasteiger partial charge < -0.3 is 20.1 Å². The molecule has 0 unspecified atom stereocenters. The highest BCUT2D eigenvalue weighted by atomic mass is 35.5. The molecule has 0 spiro atoms. The van der Waals surface area contributed by atoms with E-state index in [0.29, 0.717) is 22.0 Å². The maximum Gasteiger partial charge on any atom is 0.308 e. The molecule has 0 radical (unpaired) electrons. The summed E-state index contributed by atoms with van der Waals surface area (Å²) < 4.78 is 10.4. The lowest BCUT2D eigenvalue weighted by atomic mass is 9.87. The Morgan fingerprint density at radius 1 is 1.09 bits per heavy atom. The second kappa shape index (κ2) is 11.0. The van der Waals surface area contributed by atoms with E-state index in [1.807, 2.05) is 12.1 Å². The molecular formula is C24H29ClN2O5. The Labute approximate surface area is 193 Å². The van der Waals surface area contributed by atoms with Gasteiger partial charge in [0.2, 0.25) is 5.91 Å². The summed E-state index contributed by atoms with van der Waals surface area (Å²) >= 11 is 6.20. The fourth-order valence-corrected chi connectivity index (χ4v) is 3.34. The molecule has 8 heteroatoms. The van der Waals surface area contributed by atoms with E-state index in [1.54, 1.807) is 30.3 Å². The van der Waals surface area contributed by atoms with Crippen LogP contribution in [0, 0.1) is 0 Å². The minimum absolute atomic E-state index is 0.115. The van der Waals surface area contributed by atoms with Crippen LogP contribution in [-0.4, -0.2) is 31.5 Å². The zero-order valence-corrected chi connectivity index (χ0v) is 19.7. The molecule has 32 heavy (non-hydrogen) atoms. The lowest BCUT2D eigenvalue weighted by Crippen LogP contribution is -2.30. The highest BCUT2D eigenvalue weighted by molar-refractivity contribution is 6.31. The van der Waals surface area contributed by atoms with Crippen molar-refractivity contribution in [3.63, 3.8) is 0 Å². The number of amides is 2. The molecule has 1 atom stereocenters. The van der Waals surface area contributed by atoms with Crippen LogP contribution in [0.5, 0.6) is 5.75 Å². The summed E-state index contributed by atoms with van der Waals surface area (Å²) in [6.07, 6.45) is -0.167. The second-order valence-electron chi connectivity index (χ2n) is 8.35. The second-order valence-corrected chi connectivity index (χ2v) is 8.76. The lowest BCUT2D eigenvalue weighted by Gasteiger charge is -2.21. The zero-order chi connectivity index (χ0) is 23.9. The molecule has 2 aromatic rings. The lowest BCUT2D eigenvalue weighted by molar-refractivity contribution is -0.148. The quantitative estimate of drug-likeness (QED) is 0.569. The van der Waals surface area contributed by atoms with E-state index in [0.717, 1.165) is 5.56 Å². The summed E-state index contributed by atoms with van der Waals surface area (Å²) in [5, 5.41) is 5.83. The van der Waals surface area contributed by atoms with Gasteiger partial charge in [0.1, 0.15) is 5.75 Å². The number of nitrogens with one attached hydrogen (secondary N) is 2. The standard InChI is InChI=1S/C24H29ClN2O5/c1-15(28)26-19(17-8-6-7-9-18(17)25)13-23(30)32-14-22(29)27-20-12-16(24(2,3)4)10-11-21(20)31-5/h6-12,19H,13-14H2,1-5H3,(H,26,28)(H,27,29)/t19-/m0/s1. The predicted molar refractivity (Wildman–Crippen MR) is 124 cm³/mol. The van der Waals surface area contributed by atoms with Crippen molar-refractivity contribution >= 4 is 35.1 Å². The summed E-state index contributed by atoms with van der Waals surface area (Å²) in [7, 11) is 1.51. The molecule has 2 rings (SSSR count). The van der Waals surface area contributed by atoms with Crippen LogP contribution in [0.2, 0.25) is 5.02 Å². The first-order valence-electron chi connectivity index (χ1n) is 10.2. The van der Waals surface area contributed by atoms with Crippen LogP contribution in [0.3, 0.4) is 0 Å². The summed E-state index contributed by atoms with van der Waals surface area (Å²) in [6, 6.07) is 11.8. The van der Waals surface area contributed by atoms with Gasteiger partial charge >= 0.3 is 5.97 Å². The van der Waals surface area contributed by atoms with E-state index >= 15 is 0 Å². The number of methoxy groups -OCH3 is 1. The Hall–Kier alpha value is -3.06. The van der Waals surface area contributed by atoms with Crippen molar-refractivity contribution in [1.29, 1.82) is 0 Å². The number of rotatable bonds is 8. The highest BCUT2D eigenvalue weighted by Gasteiger charge is 2.21. The van der Waals surface area contributed by atoms with E-state index in [-0.39, 0.29) is 17.7 Å². The average molecular weight is 461 g/mol. The first kappa shape index (κ1) is 25.2. The zero-order valence-electron chi connectivity index (χ0n) is 19.0. The number of ether oxygens (including phenoxy) is 2. The van der Waals surface area contributed by atoms with Gasteiger partial charge in [-0.2, -0.15) is 0 Å². The number of esters is 1. The van der Waals surface area contributed by atoms with Gasteiger partial charge in [-0.3, -0.25) is 14.4 Å². The van der Waals surface area contributed by atoms with Crippen LogP contribution in [0.4, 0.5) is 5.69 Å². The molecule has 0 heterocycles. The fourth-order valence-electron chi connectivity index (χ4n) is 3.07.